The van der Waals surface area contributed by atoms with Gasteiger partial charge in [0.15, 0.2) is 0 Å². The van der Waals surface area contributed by atoms with E-state index in [0.717, 1.165) is 32.6 Å². The van der Waals surface area contributed by atoms with Crippen LogP contribution < -0.4 is 5.32 Å². The first kappa shape index (κ1) is 15.3. The topological polar surface area (TPSA) is 83.2 Å². The molecule has 1 atom stereocenters. The summed E-state index contributed by atoms with van der Waals surface area (Å²) in [7, 11) is 0. The van der Waals surface area contributed by atoms with Crippen LogP contribution in [0.1, 0.15) is 30.4 Å². The number of urea groups is 1. The molecule has 118 valence electrons. The van der Waals surface area contributed by atoms with Crippen LogP contribution in [0.4, 0.5) is 10.5 Å². The Morgan fingerprint density at radius 3 is 2.57 bits per heavy atom. The zero-order valence-corrected chi connectivity index (χ0v) is 13.0. The number of hydrogen-bond acceptors (Lipinski definition) is 4. The molecule has 2 aliphatic rings. The number of anilines is 1. The number of hydrogen-bond donors (Lipinski definition) is 1. The fraction of sp³-hybridized carbons (Fsp3) is 0.471. The smallest absolute Gasteiger partial charge is 0.321 e. The molecule has 0 aromatic heterocycles. The van der Waals surface area contributed by atoms with Crippen LogP contribution in [-0.2, 0) is 0 Å². The Morgan fingerprint density at radius 1 is 1.13 bits per heavy atom. The summed E-state index contributed by atoms with van der Waals surface area (Å²) >= 11 is 0. The number of nitriles is 2. The summed E-state index contributed by atoms with van der Waals surface area (Å²) in [6.45, 7) is 3.80. The summed E-state index contributed by atoms with van der Waals surface area (Å²) < 4.78 is 0. The van der Waals surface area contributed by atoms with Crippen molar-refractivity contribution in [2.45, 2.75) is 25.3 Å². The highest BCUT2D eigenvalue weighted by molar-refractivity contribution is 5.89. The minimum atomic E-state index is -0.139. The SMILES string of the molecule is N#Cc1ccc(NC(=O)N2CC[C@H](N3CCCC3)C2)cc1C#N. The average Bonchev–Trinajstić information content (AvgIpc) is 3.25. The van der Waals surface area contributed by atoms with Crippen molar-refractivity contribution < 1.29 is 4.79 Å². The zero-order chi connectivity index (χ0) is 16.2. The van der Waals surface area contributed by atoms with Gasteiger partial charge in [0.25, 0.3) is 0 Å². The van der Waals surface area contributed by atoms with Crippen LogP contribution in [0.2, 0.25) is 0 Å². The highest BCUT2D eigenvalue weighted by Gasteiger charge is 2.31. The maximum atomic E-state index is 12.4. The van der Waals surface area contributed by atoms with Gasteiger partial charge >= 0.3 is 6.03 Å². The van der Waals surface area contributed by atoms with E-state index in [1.807, 2.05) is 17.0 Å². The molecule has 2 saturated heterocycles. The van der Waals surface area contributed by atoms with Crippen molar-refractivity contribution >= 4 is 11.7 Å². The molecule has 1 aromatic carbocycles. The Labute approximate surface area is 135 Å². The van der Waals surface area contributed by atoms with Crippen molar-refractivity contribution in [2.75, 3.05) is 31.5 Å². The summed E-state index contributed by atoms with van der Waals surface area (Å²) in [4.78, 5) is 16.7. The standard InChI is InChI=1S/C17H19N5O/c18-10-13-3-4-15(9-14(13)11-19)20-17(23)22-8-5-16(12-22)21-6-1-2-7-21/h3-4,9,16H,1-2,5-8,12H2,(H,20,23)/t16-/m0/s1. The van der Waals surface area contributed by atoms with Crippen LogP contribution in [0.3, 0.4) is 0 Å². The molecule has 0 unspecified atom stereocenters. The molecule has 6 nitrogen and oxygen atoms in total. The Kier molecular flexibility index (Phi) is 4.45. The number of rotatable bonds is 2. The van der Waals surface area contributed by atoms with Crippen LogP contribution in [0.5, 0.6) is 0 Å². The van der Waals surface area contributed by atoms with Crippen molar-refractivity contribution in [3.8, 4) is 12.1 Å². The van der Waals surface area contributed by atoms with Gasteiger partial charge in [0.1, 0.15) is 12.1 Å². The van der Waals surface area contributed by atoms with Crippen LogP contribution in [0.15, 0.2) is 18.2 Å². The summed E-state index contributed by atoms with van der Waals surface area (Å²) in [6, 6.07) is 9.05. The lowest BCUT2D eigenvalue weighted by Gasteiger charge is -2.23. The van der Waals surface area contributed by atoms with Gasteiger partial charge in [-0.25, -0.2) is 4.79 Å². The molecule has 0 aliphatic carbocycles. The van der Waals surface area contributed by atoms with Gasteiger partial charge in [-0.2, -0.15) is 10.5 Å². The number of nitrogens with zero attached hydrogens (tertiary/aromatic N) is 4. The molecule has 23 heavy (non-hydrogen) atoms. The van der Waals surface area contributed by atoms with Gasteiger partial charge in [-0.05, 0) is 50.6 Å². The minimum Gasteiger partial charge on any atom is -0.323 e. The van der Waals surface area contributed by atoms with E-state index >= 15 is 0 Å². The molecule has 0 bridgehead atoms. The molecule has 2 aliphatic heterocycles. The van der Waals surface area contributed by atoms with E-state index in [1.54, 1.807) is 18.2 Å². The molecule has 0 saturated carbocycles. The van der Waals surface area contributed by atoms with E-state index in [0.29, 0.717) is 17.3 Å². The highest BCUT2D eigenvalue weighted by Crippen LogP contribution is 2.21. The quantitative estimate of drug-likeness (QED) is 0.907. The molecule has 1 N–H and O–H groups in total. The van der Waals surface area contributed by atoms with Crippen LogP contribution >= 0.6 is 0 Å². The number of amides is 2. The van der Waals surface area contributed by atoms with Gasteiger partial charge < -0.3 is 10.2 Å². The fourth-order valence-electron chi connectivity index (χ4n) is 3.35. The van der Waals surface area contributed by atoms with E-state index in [9.17, 15) is 4.79 Å². The lowest BCUT2D eigenvalue weighted by Crippen LogP contribution is -2.38. The number of likely N-dealkylation sites (tertiary alicyclic amines) is 2. The third kappa shape index (κ3) is 3.28. The molecule has 0 radical (unpaired) electrons. The third-order valence-electron chi connectivity index (χ3n) is 4.62. The van der Waals surface area contributed by atoms with E-state index in [1.165, 1.54) is 12.8 Å². The third-order valence-corrected chi connectivity index (χ3v) is 4.62. The summed E-state index contributed by atoms with van der Waals surface area (Å²) in [5.41, 5.74) is 1.15. The largest absolute Gasteiger partial charge is 0.323 e. The highest BCUT2D eigenvalue weighted by atomic mass is 16.2. The van der Waals surface area contributed by atoms with Gasteiger partial charge in [-0.3, -0.25) is 4.90 Å². The molecule has 2 amide bonds. The van der Waals surface area contributed by atoms with Gasteiger partial charge in [0, 0.05) is 24.8 Å². The Bertz CT molecular complexity index is 681. The molecular formula is C17H19N5O. The Balaban J connectivity index is 1.61. The van der Waals surface area contributed by atoms with Crippen LogP contribution in [-0.4, -0.2) is 48.1 Å². The zero-order valence-electron chi connectivity index (χ0n) is 13.0. The molecule has 3 rings (SSSR count). The maximum absolute atomic E-state index is 12.4. The van der Waals surface area contributed by atoms with E-state index < -0.39 is 0 Å². The lowest BCUT2D eigenvalue weighted by molar-refractivity contribution is 0.210. The van der Waals surface area contributed by atoms with Crippen molar-refractivity contribution in [1.29, 1.82) is 10.5 Å². The van der Waals surface area contributed by atoms with Gasteiger partial charge in [0.05, 0.1) is 11.1 Å². The molecule has 0 spiro atoms. The number of benzene rings is 1. The first-order valence-electron chi connectivity index (χ1n) is 7.95. The summed E-state index contributed by atoms with van der Waals surface area (Å²) in [5.74, 6) is 0. The van der Waals surface area contributed by atoms with E-state index in [-0.39, 0.29) is 11.6 Å². The molecular weight excluding hydrogens is 290 g/mol. The van der Waals surface area contributed by atoms with Crippen molar-refractivity contribution in [3.05, 3.63) is 29.3 Å². The second-order valence-corrected chi connectivity index (χ2v) is 6.05. The maximum Gasteiger partial charge on any atom is 0.321 e. The van der Waals surface area contributed by atoms with Crippen molar-refractivity contribution in [2.24, 2.45) is 0 Å². The number of carbonyl (C=O) groups is 1. The van der Waals surface area contributed by atoms with Crippen molar-refractivity contribution in [1.82, 2.24) is 9.80 Å². The second-order valence-electron chi connectivity index (χ2n) is 6.05. The second kappa shape index (κ2) is 6.68. The van der Waals surface area contributed by atoms with Crippen molar-refractivity contribution in [3.63, 3.8) is 0 Å². The molecule has 2 heterocycles. The lowest BCUT2D eigenvalue weighted by atomic mass is 10.1. The Morgan fingerprint density at radius 2 is 1.87 bits per heavy atom. The van der Waals surface area contributed by atoms with E-state index in [2.05, 4.69) is 10.2 Å². The predicted molar refractivity (Wildman–Crippen MR) is 85.7 cm³/mol. The number of nitrogens with one attached hydrogen (secondary N) is 1. The minimum absolute atomic E-state index is 0.139. The summed E-state index contributed by atoms with van der Waals surface area (Å²) in [5, 5.41) is 20.8. The molecule has 6 heteroatoms. The average molecular weight is 309 g/mol. The van der Waals surface area contributed by atoms with E-state index in [4.69, 9.17) is 10.5 Å². The first-order chi connectivity index (χ1) is 11.2. The normalized spacial score (nSPS) is 21.0. The summed E-state index contributed by atoms with van der Waals surface area (Å²) in [6.07, 6.45) is 3.53. The van der Waals surface area contributed by atoms with Crippen LogP contribution in [0.25, 0.3) is 0 Å². The Hall–Kier alpha value is -2.57. The van der Waals surface area contributed by atoms with Crippen LogP contribution in [0, 0.1) is 22.7 Å². The first-order valence-corrected chi connectivity index (χ1v) is 7.95. The van der Waals surface area contributed by atoms with Gasteiger partial charge in [0.2, 0.25) is 0 Å². The monoisotopic (exact) mass is 309 g/mol. The molecule has 2 fully saturated rings. The van der Waals surface area contributed by atoms with Gasteiger partial charge in [-0.15, -0.1) is 0 Å². The number of carbonyl (C=O) groups excluding carboxylic acids is 1. The fourth-order valence-corrected chi connectivity index (χ4v) is 3.35. The molecule has 1 aromatic rings. The predicted octanol–water partition coefficient (Wildman–Crippen LogP) is 2.13. The van der Waals surface area contributed by atoms with Gasteiger partial charge in [-0.1, -0.05) is 0 Å².